The Balaban J connectivity index is 2.71. The largest absolute Gasteiger partial charge is 0.495 e. The number of methoxy groups -OCH3 is 1. The summed E-state index contributed by atoms with van der Waals surface area (Å²) in [4.78, 5) is 22.0. The van der Waals surface area contributed by atoms with Crippen LogP contribution in [0.5, 0.6) is 5.75 Å². The number of carbonyl (C=O) groups is 1. The van der Waals surface area contributed by atoms with Crippen LogP contribution < -0.4 is 15.4 Å². The number of hydrogen-bond donors (Lipinski definition) is 2. The molecule has 110 valence electrons. The van der Waals surface area contributed by atoms with Gasteiger partial charge in [0.15, 0.2) is 0 Å². The van der Waals surface area contributed by atoms with Crippen molar-refractivity contribution in [2.24, 2.45) is 0 Å². The molecular formula is C13H19N3O4. The van der Waals surface area contributed by atoms with Gasteiger partial charge in [0.05, 0.1) is 17.7 Å². The Kier molecular flexibility index (Phi) is 5.92. The lowest BCUT2D eigenvalue weighted by molar-refractivity contribution is -0.384. The van der Waals surface area contributed by atoms with Gasteiger partial charge in [-0.2, -0.15) is 0 Å². The first-order chi connectivity index (χ1) is 9.43. The molecule has 7 nitrogen and oxygen atoms in total. The van der Waals surface area contributed by atoms with Crippen LogP contribution >= 0.6 is 0 Å². The van der Waals surface area contributed by atoms with Gasteiger partial charge in [0, 0.05) is 31.1 Å². The van der Waals surface area contributed by atoms with E-state index in [1.165, 1.54) is 25.3 Å². The fraction of sp³-hybridized carbons (Fsp3) is 0.462. The number of nitrogens with zero attached hydrogens (tertiary/aromatic N) is 1. The van der Waals surface area contributed by atoms with E-state index in [0.717, 1.165) is 0 Å². The standard InChI is InChI=1S/C13H19N3O4/c1-9(2)14-7-6-13(17)15-11-8-10(16(18)19)4-5-12(11)20-3/h4-5,8-9,14H,6-7H2,1-3H3,(H,15,17). The minimum Gasteiger partial charge on any atom is -0.495 e. The number of ether oxygens (including phenoxy) is 1. The van der Waals surface area contributed by atoms with E-state index in [2.05, 4.69) is 10.6 Å². The molecule has 0 aliphatic rings. The van der Waals surface area contributed by atoms with Crippen LogP contribution in [0.25, 0.3) is 0 Å². The van der Waals surface area contributed by atoms with E-state index < -0.39 is 4.92 Å². The number of benzene rings is 1. The Hall–Kier alpha value is -2.15. The highest BCUT2D eigenvalue weighted by atomic mass is 16.6. The summed E-state index contributed by atoms with van der Waals surface area (Å²) in [7, 11) is 1.44. The first-order valence-electron chi connectivity index (χ1n) is 6.29. The maximum atomic E-state index is 11.8. The molecule has 0 aromatic heterocycles. The minimum atomic E-state index is -0.518. The maximum Gasteiger partial charge on any atom is 0.271 e. The summed E-state index contributed by atoms with van der Waals surface area (Å²) in [6, 6.07) is 4.37. The molecule has 0 spiro atoms. The van der Waals surface area contributed by atoms with Crippen LogP contribution in [0.4, 0.5) is 11.4 Å². The number of nitro benzene ring substituents is 1. The minimum absolute atomic E-state index is 0.0959. The molecule has 0 atom stereocenters. The fourth-order valence-electron chi connectivity index (χ4n) is 1.59. The number of hydrogen-bond acceptors (Lipinski definition) is 5. The molecule has 20 heavy (non-hydrogen) atoms. The van der Waals surface area contributed by atoms with Gasteiger partial charge in [-0.1, -0.05) is 13.8 Å². The van der Waals surface area contributed by atoms with Crippen molar-refractivity contribution in [2.75, 3.05) is 19.0 Å². The average Bonchev–Trinajstić information content (AvgIpc) is 2.38. The van der Waals surface area contributed by atoms with E-state index in [9.17, 15) is 14.9 Å². The molecule has 0 radical (unpaired) electrons. The van der Waals surface area contributed by atoms with E-state index >= 15 is 0 Å². The molecular weight excluding hydrogens is 262 g/mol. The molecule has 1 rings (SSSR count). The summed E-state index contributed by atoms with van der Waals surface area (Å²) in [5.74, 6) is 0.165. The van der Waals surface area contributed by atoms with Crippen LogP contribution in [-0.4, -0.2) is 30.5 Å². The van der Waals surface area contributed by atoms with Gasteiger partial charge in [0.25, 0.3) is 5.69 Å². The summed E-state index contributed by atoms with van der Waals surface area (Å²) >= 11 is 0. The number of rotatable bonds is 7. The lowest BCUT2D eigenvalue weighted by atomic mass is 10.2. The number of carbonyl (C=O) groups excluding carboxylic acids is 1. The number of non-ortho nitro benzene ring substituents is 1. The van der Waals surface area contributed by atoms with Crippen LogP contribution in [0.1, 0.15) is 20.3 Å². The zero-order chi connectivity index (χ0) is 15.1. The third kappa shape index (κ3) is 4.85. The summed E-state index contributed by atoms with van der Waals surface area (Å²) in [5, 5.41) is 16.5. The second-order valence-corrected chi connectivity index (χ2v) is 4.55. The highest BCUT2D eigenvalue weighted by molar-refractivity contribution is 5.92. The molecule has 1 amide bonds. The highest BCUT2D eigenvalue weighted by Crippen LogP contribution is 2.28. The van der Waals surface area contributed by atoms with Crippen LogP contribution in [0.3, 0.4) is 0 Å². The van der Waals surface area contributed by atoms with Gasteiger partial charge >= 0.3 is 0 Å². The van der Waals surface area contributed by atoms with Crippen molar-refractivity contribution >= 4 is 17.3 Å². The molecule has 7 heteroatoms. The van der Waals surface area contributed by atoms with E-state index in [0.29, 0.717) is 24.0 Å². The van der Waals surface area contributed by atoms with E-state index in [1.807, 2.05) is 13.8 Å². The quantitative estimate of drug-likeness (QED) is 0.588. The average molecular weight is 281 g/mol. The van der Waals surface area contributed by atoms with Crippen LogP contribution in [0.2, 0.25) is 0 Å². The first-order valence-corrected chi connectivity index (χ1v) is 6.29. The van der Waals surface area contributed by atoms with Crippen molar-refractivity contribution < 1.29 is 14.5 Å². The molecule has 1 aromatic rings. The van der Waals surface area contributed by atoms with Crippen molar-refractivity contribution in [3.63, 3.8) is 0 Å². The third-order valence-electron chi connectivity index (χ3n) is 2.57. The molecule has 1 aromatic carbocycles. The van der Waals surface area contributed by atoms with Gasteiger partial charge in [0.2, 0.25) is 5.91 Å². The van der Waals surface area contributed by atoms with Gasteiger partial charge in [-0.05, 0) is 6.07 Å². The second kappa shape index (κ2) is 7.44. The van der Waals surface area contributed by atoms with Gasteiger partial charge in [-0.25, -0.2) is 0 Å². The molecule has 0 unspecified atom stereocenters. The Bertz CT molecular complexity index is 489. The van der Waals surface area contributed by atoms with Crippen molar-refractivity contribution in [2.45, 2.75) is 26.3 Å². The number of anilines is 1. The molecule has 0 saturated heterocycles. The zero-order valence-electron chi connectivity index (χ0n) is 11.8. The summed E-state index contributed by atoms with van der Waals surface area (Å²) in [6.45, 7) is 4.52. The van der Waals surface area contributed by atoms with Crippen molar-refractivity contribution in [1.82, 2.24) is 5.32 Å². The molecule has 2 N–H and O–H groups in total. The van der Waals surface area contributed by atoms with Gasteiger partial charge in [-0.3, -0.25) is 14.9 Å². The lowest BCUT2D eigenvalue weighted by Gasteiger charge is -2.11. The monoisotopic (exact) mass is 281 g/mol. The third-order valence-corrected chi connectivity index (χ3v) is 2.57. The topological polar surface area (TPSA) is 93.5 Å². The van der Waals surface area contributed by atoms with Crippen LogP contribution in [0.15, 0.2) is 18.2 Å². The number of nitrogens with one attached hydrogen (secondary N) is 2. The van der Waals surface area contributed by atoms with Crippen molar-refractivity contribution in [3.05, 3.63) is 28.3 Å². The Morgan fingerprint density at radius 3 is 2.70 bits per heavy atom. The Labute approximate surface area is 117 Å². The Morgan fingerprint density at radius 1 is 1.45 bits per heavy atom. The summed E-state index contributed by atoms with van der Waals surface area (Å²) < 4.78 is 5.07. The molecule has 0 aliphatic carbocycles. The predicted molar refractivity (Wildman–Crippen MR) is 76.0 cm³/mol. The summed E-state index contributed by atoms with van der Waals surface area (Å²) in [6.07, 6.45) is 0.282. The predicted octanol–water partition coefficient (Wildman–Crippen LogP) is 1.93. The number of nitro groups is 1. The van der Waals surface area contributed by atoms with E-state index in [-0.39, 0.29) is 18.0 Å². The molecule has 0 heterocycles. The van der Waals surface area contributed by atoms with Gasteiger partial charge < -0.3 is 15.4 Å². The highest BCUT2D eigenvalue weighted by Gasteiger charge is 2.13. The molecule has 0 saturated carbocycles. The van der Waals surface area contributed by atoms with Crippen LogP contribution in [-0.2, 0) is 4.79 Å². The van der Waals surface area contributed by atoms with Crippen molar-refractivity contribution in [3.8, 4) is 5.75 Å². The molecule has 0 aliphatic heterocycles. The smallest absolute Gasteiger partial charge is 0.271 e. The Morgan fingerprint density at radius 2 is 2.15 bits per heavy atom. The molecule has 0 bridgehead atoms. The summed E-state index contributed by atoms with van der Waals surface area (Å²) in [5.41, 5.74) is 0.206. The van der Waals surface area contributed by atoms with E-state index in [1.54, 1.807) is 0 Å². The van der Waals surface area contributed by atoms with Gasteiger partial charge in [-0.15, -0.1) is 0 Å². The SMILES string of the molecule is COc1ccc([N+](=O)[O-])cc1NC(=O)CCNC(C)C. The first kappa shape index (κ1) is 15.9. The number of amides is 1. The van der Waals surface area contributed by atoms with Gasteiger partial charge in [0.1, 0.15) is 5.75 Å². The normalized spacial score (nSPS) is 10.4. The van der Waals surface area contributed by atoms with Crippen LogP contribution in [0, 0.1) is 10.1 Å². The second-order valence-electron chi connectivity index (χ2n) is 4.55. The molecule has 0 fully saturated rings. The van der Waals surface area contributed by atoms with E-state index in [4.69, 9.17) is 4.74 Å². The fourth-order valence-corrected chi connectivity index (χ4v) is 1.59. The maximum absolute atomic E-state index is 11.8. The van der Waals surface area contributed by atoms with Crippen molar-refractivity contribution in [1.29, 1.82) is 0 Å². The zero-order valence-corrected chi connectivity index (χ0v) is 11.8. The lowest BCUT2D eigenvalue weighted by Crippen LogP contribution is -2.27.